The fraction of sp³-hybridized carbons (Fsp3) is 0.0435. The summed E-state index contributed by atoms with van der Waals surface area (Å²) in [6.07, 6.45) is 0. The van der Waals surface area contributed by atoms with Gasteiger partial charge in [0.05, 0.1) is 6.54 Å². The first kappa shape index (κ1) is 20.9. The van der Waals surface area contributed by atoms with E-state index < -0.39 is 23.4 Å². The summed E-state index contributed by atoms with van der Waals surface area (Å²) in [5, 5.41) is 9.10. The number of aromatic nitrogens is 2. The molecule has 4 rings (SSSR count). The zero-order chi connectivity index (χ0) is 22.5. The molecule has 0 bridgehead atoms. The van der Waals surface area contributed by atoms with Crippen molar-refractivity contribution in [3.05, 3.63) is 101 Å². The highest BCUT2D eigenvalue weighted by Crippen LogP contribution is 2.18. The van der Waals surface area contributed by atoms with Crippen molar-refractivity contribution in [1.82, 2.24) is 15.5 Å². The van der Waals surface area contributed by atoms with Crippen molar-refractivity contribution in [3.8, 4) is 11.5 Å². The molecule has 0 aliphatic rings. The third-order valence-electron chi connectivity index (χ3n) is 4.44. The average Bonchev–Trinajstić information content (AvgIpc) is 3.27. The van der Waals surface area contributed by atoms with E-state index >= 15 is 0 Å². The molecule has 3 aromatic carbocycles. The number of amides is 2. The van der Waals surface area contributed by atoms with E-state index in [0.29, 0.717) is 16.8 Å². The minimum atomic E-state index is -0.440. The molecule has 0 radical (unpaired) electrons. The van der Waals surface area contributed by atoms with Crippen molar-refractivity contribution < 1.29 is 22.9 Å². The molecule has 0 atom stereocenters. The van der Waals surface area contributed by atoms with Crippen LogP contribution in [0.2, 0.25) is 0 Å². The monoisotopic (exact) mass is 434 g/mol. The molecule has 9 heteroatoms. The van der Waals surface area contributed by atoms with Gasteiger partial charge in [-0.25, -0.2) is 8.78 Å². The fourth-order valence-electron chi connectivity index (χ4n) is 2.87. The molecule has 7 nitrogen and oxygen atoms in total. The Labute approximate surface area is 181 Å². The predicted molar refractivity (Wildman–Crippen MR) is 112 cm³/mol. The van der Waals surface area contributed by atoms with Crippen LogP contribution in [0.3, 0.4) is 0 Å². The number of rotatable bonds is 6. The molecule has 0 aliphatic heterocycles. The summed E-state index contributed by atoms with van der Waals surface area (Å²) >= 11 is 0. The number of nitrogens with zero attached hydrogens (tertiary/aromatic N) is 2. The number of carbonyl (C=O) groups excluding carboxylic acids is 2. The maximum Gasteiger partial charge on any atom is 0.258 e. The molecule has 1 aromatic heterocycles. The fourth-order valence-corrected chi connectivity index (χ4v) is 2.87. The number of hydrogen-bond donors (Lipinski definition) is 2. The van der Waals surface area contributed by atoms with Gasteiger partial charge in [-0.1, -0.05) is 17.3 Å². The number of anilines is 1. The highest BCUT2D eigenvalue weighted by atomic mass is 19.1. The zero-order valence-corrected chi connectivity index (χ0v) is 16.5. The molecule has 0 saturated carbocycles. The van der Waals surface area contributed by atoms with E-state index in [-0.39, 0.29) is 23.8 Å². The van der Waals surface area contributed by atoms with Crippen molar-refractivity contribution in [1.29, 1.82) is 0 Å². The van der Waals surface area contributed by atoms with Crippen LogP contribution in [0.5, 0.6) is 0 Å². The van der Waals surface area contributed by atoms with Crippen molar-refractivity contribution >= 4 is 17.5 Å². The highest BCUT2D eigenvalue weighted by molar-refractivity contribution is 6.05. The summed E-state index contributed by atoms with van der Waals surface area (Å²) in [6.45, 7) is -0.0101. The van der Waals surface area contributed by atoms with Gasteiger partial charge >= 0.3 is 0 Å². The number of hydrogen-bond acceptors (Lipinski definition) is 5. The van der Waals surface area contributed by atoms with E-state index in [9.17, 15) is 18.4 Å². The van der Waals surface area contributed by atoms with E-state index in [1.165, 1.54) is 48.5 Å². The van der Waals surface area contributed by atoms with Crippen LogP contribution < -0.4 is 10.6 Å². The minimum absolute atomic E-state index is 0.0101. The van der Waals surface area contributed by atoms with Crippen molar-refractivity contribution in [2.24, 2.45) is 0 Å². The molecule has 32 heavy (non-hydrogen) atoms. The van der Waals surface area contributed by atoms with E-state index in [1.54, 1.807) is 24.3 Å². The van der Waals surface area contributed by atoms with E-state index in [0.717, 1.165) is 0 Å². The number of nitrogens with one attached hydrogen (secondary N) is 2. The third kappa shape index (κ3) is 5.01. The minimum Gasteiger partial charge on any atom is -0.345 e. The van der Waals surface area contributed by atoms with Gasteiger partial charge in [-0.3, -0.25) is 9.59 Å². The second-order valence-electron chi connectivity index (χ2n) is 6.75. The lowest BCUT2D eigenvalue weighted by Gasteiger charge is -2.08. The van der Waals surface area contributed by atoms with Crippen molar-refractivity contribution in [2.45, 2.75) is 6.54 Å². The normalized spacial score (nSPS) is 10.6. The van der Waals surface area contributed by atoms with Gasteiger partial charge in [0.25, 0.3) is 17.7 Å². The summed E-state index contributed by atoms with van der Waals surface area (Å²) in [6, 6.07) is 17.2. The van der Waals surface area contributed by atoms with Gasteiger partial charge in [-0.15, -0.1) is 0 Å². The first-order chi connectivity index (χ1) is 15.5. The lowest BCUT2D eigenvalue weighted by atomic mass is 10.1. The van der Waals surface area contributed by atoms with Gasteiger partial charge in [0.1, 0.15) is 11.6 Å². The van der Waals surface area contributed by atoms with E-state index in [4.69, 9.17) is 4.52 Å². The van der Waals surface area contributed by atoms with E-state index in [1.807, 2.05) is 0 Å². The lowest BCUT2D eigenvalue weighted by Crippen LogP contribution is -2.23. The molecule has 0 fully saturated rings. The van der Waals surface area contributed by atoms with Gasteiger partial charge in [0.15, 0.2) is 5.82 Å². The Morgan fingerprint density at radius 1 is 0.844 bits per heavy atom. The lowest BCUT2D eigenvalue weighted by molar-refractivity contribution is 0.0948. The van der Waals surface area contributed by atoms with Gasteiger partial charge < -0.3 is 15.2 Å². The number of carbonyl (C=O) groups is 2. The molecule has 1 heterocycles. The second kappa shape index (κ2) is 9.17. The highest BCUT2D eigenvalue weighted by Gasteiger charge is 2.13. The van der Waals surface area contributed by atoms with Crippen LogP contribution in [-0.2, 0) is 6.54 Å². The van der Waals surface area contributed by atoms with Gasteiger partial charge in [-0.05, 0) is 60.7 Å². The van der Waals surface area contributed by atoms with Crippen LogP contribution >= 0.6 is 0 Å². The summed E-state index contributed by atoms with van der Waals surface area (Å²) in [5.74, 6) is -1.36. The molecular formula is C23H16F2N4O3. The Morgan fingerprint density at radius 3 is 2.41 bits per heavy atom. The standard InChI is InChI=1S/C23H16F2N4O3/c24-17-9-7-14(8-10-17)22(31)27-19-6-2-3-15(12-19)21(30)26-13-20-28-23(32-29-20)16-4-1-5-18(25)11-16/h1-12H,13H2,(H,26,30)(H,27,31). The van der Waals surface area contributed by atoms with Crippen LogP contribution in [0.15, 0.2) is 77.3 Å². The summed E-state index contributed by atoms with van der Waals surface area (Å²) in [7, 11) is 0. The zero-order valence-electron chi connectivity index (χ0n) is 16.5. The molecule has 160 valence electrons. The largest absolute Gasteiger partial charge is 0.345 e. The topological polar surface area (TPSA) is 97.1 Å². The second-order valence-corrected chi connectivity index (χ2v) is 6.75. The Kier molecular flexibility index (Phi) is 5.98. The van der Waals surface area contributed by atoms with Crippen LogP contribution in [0.25, 0.3) is 11.5 Å². The molecule has 0 spiro atoms. The number of halogens is 2. The quantitative estimate of drug-likeness (QED) is 0.474. The molecule has 2 amide bonds. The van der Waals surface area contributed by atoms with Gasteiger partial charge in [-0.2, -0.15) is 4.98 Å². The Balaban J connectivity index is 1.38. The Bertz CT molecular complexity index is 1270. The number of benzene rings is 3. The van der Waals surface area contributed by atoms with Crippen LogP contribution in [0.4, 0.5) is 14.5 Å². The first-order valence-electron chi connectivity index (χ1n) is 9.51. The maximum atomic E-state index is 13.3. The maximum absolute atomic E-state index is 13.3. The summed E-state index contributed by atoms with van der Waals surface area (Å²) < 4.78 is 31.5. The van der Waals surface area contributed by atoms with Crippen LogP contribution in [-0.4, -0.2) is 22.0 Å². The van der Waals surface area contributed by atoms with Crippen molar-refractivity contribution in [2.75, 3.05) is 5.32 Å². The smallest absolute Gasteiger partial charge is 0.258 e. The summed E-state index contributed by atoms with van der Waals surface area (Å²) in [4.78, 5) is 28.9. The summed E-state index contributed by atoms with van der Waals surface area (Å²) in [5.41, 5.74) is 1.42. The molecule has 0 unspecified atom stereocenters. The van der Waals surface area contributed by atoms with E-state index in [2.05, 4.69) is 20.8 Å². The predicted octanol–water partition coefficient (Wildman–Crippen LogP) is 4.20. The molecule has 2 N–H and O–H groups in total. The molecule has 0 aliphatic carbocycles. The molecular weight excluding hydrogens is 418 g/mol. The average molecular weight is 434 g/mol. The Hall–Kier alpha value is -4.40. The van der Waals surface area contributed by atoms with Crippen LogP contribution in [0.1, 0.15) is 26.5 Å². The third-order valence-corrected chi connectivity index (χ3v) is 4.44. The van der Waals surface area contributed by atoms with Crippen molar-refractivity contribution in [3.63, 3.8) is 0 Å². The Morgan fingerprint density at radius 2 is 1.62 bits per heavy atom. The molecule has 4 aromatic rings. The van der Waals surface area contributed by atoms with Crippen LogP contribution in [0, 0.1) is 11.6 Å². The SMILES string of the molecule is O=C(NCc1noc(-c2cccc(F)c2)n1)c1cccc(NC(=O)c2ccc(F)cc2)c1. The van der Waals surface area contributed by atoms with Gasteiger partial charge in [0.2, 0.25) is 0 Å². The van der Waals surface area contributed by atoms with Gasteiger partial charge in [0, 0.05) is 22.4 Å². The first-order valence-corrected chi connectivity index (χ1v) is 9.51. The molecule has 0 saturated heterocycles.